The molecule has 1 aliphatic heterocycles. The highest BCUT2D eigenvalue weighted by Gasteiger charge is 2.30. The smallest absolute Gasteiger partial charge is 0.356 e. The third-order valence-corrected chi connectivity index (χ3v) is 6.27. The third-order valence-electron chi connectivity index (χ3n) is 6.27. The summed E-state index contributed by atoms with van der Waals surface area (Å²) < 4.78 is 17.8. The Hall–Kier alpha value is -3.43. The summed E-state index contributed by atoms with van der Waals surface area (Å²) >= 11 is 0. The molecule has 9 heteroatoms. The van der Waals surface area contributed by atoms with E-state index in [1.807, 2.05) is 35.8 Å². The van der Waals surface area contributed by atoms with Gasteiger partial charge in [0.25, 0.3) is 5.91 Å². The summed E-state index contributed by atoms with van der Waals surface area (Å²) in [5.41, 5.74) is 3.26. The molecule has 2 N–H and O–H groups in total. The second-order valence-corrected chi connectivity index (χ2v) is 9.04. The Labute approximate surface area is 211 Å². The fourth-order valence-corrected chi connectivity index (χ4v) is 4.61. The Bertz CT molecular complexity index is 1190. The predicted molar refractivity (Wildman–Crippen MR) is 138 cm³/mol. The van der Waals surface area contributed by atoms with Crippen LogP contribution in [0, 0.1) is 0 Å². The molecule has 0 aliphatic carbocycles. The van der Waals surface area contributed by atoms with Gasteiger partial charge in [0.2, 0.25) is 0 Å². The second-order valence-electron chi connectivity index (χ2n) is 9.04. The Morgan fingerprint density at radius 1 is 1.25 bits per heavy atom. The number of methoxy groups -OCH3 is 2. The van der Waals surface area contributed by atoms with Crippen LogP contribution in [0.1, 0.15) is 42.2 Å². The number of hydrogen-bond donors (Lipinski definition) is 2. The van der Waals surface area contributed by atoms with Crippen LogP contribution in [0.25, 0.3) is 11.0 Å². The summed E-state index contributed by atoms with van der Waals surface area (Å²) in [5, 5.41) is 6.99. The van der Waals surface area contributed by atoms with Crippen molar-refractivity contribution < 1.29 is 23.8 Å². The summed E-state index contributed by atoms with van der Waals surface area (Å²) in [6.07, 6.45) is 4.29. The average molecular weight is 495 g/mol. The number of carbonyl (C=O) groups excluding carboxylic acids is 2. The lowest BCUT2D eigenvalue weighted by molar-refractivity contribution is -0.124. The number of esters is 1. The monoisotopic (exact) mass is 494 g/mol. The summed E-state index contributed by atoms with van der Waals surface area (Å²) in [6, 6.07) is 12.1. The Morgan fingerprint density at radius 2 is 2.06 bits per heavy atom. The van der Waals surface area contributed by atoms with Crippen molar-refractivity contribution in [3.8, 4) is 0 Å². The molecule has 3 aromatic rings. The summed E-state index contributed by atoms with van der Waals surface area (Å²) in [5.74, 6) is -0.801. The molecule has 1 aromatic carbocycles. The minimum atomic E-state index is -0.539. The molecule has 1 amide bonds. The molecule has 3 heterocycles. The molecule has 0 bridgehead atoms. The first-order valence-electron chi connectivity index (χ1n) is 12.3. The number of aromatic nitrogens is 2. The zero-order chi connectivity index (χ0) is 25.5. The molecular weight excluding hydrogens is 460 g/mol. The van der Waals surface area contributed by atoms with Gasteiger partial charge in [0.05, 0.1) is 31.3 Å². The number of anilines is 2. The fraction of sp³-hybridized carbons (Fsp3) is 0.444. The van der Waals surface area contributed by atoms with Crippen LogP contribution in [-0.4, -0.2) is 61.0 Å². The fourth-order valence-electron chi connectivity index (χ4n) is 4.61. The highest BCUT2D eigenvalue weighted by molar-refractivity contribution is 6.12. The molecule has 1 aliphatic rings. The first-order valence-corrected chi connectivity index (χ1v) is 12.3. The largest absolute Gasteiger partial charge is 0.464 e. The maximum absolute atomic E-state index is 13.0. The topological polar surface area (TPSA) is 104 Å². The van der Waals surface area contributed by atoms with Crippen LogP contribution in [0.3, 0.4) is 0 Å². The minimum Gasteiger partial charge on any atom is -0.464 e. The van der Waals surface area contributed by atoms with Crippen molar-refractivity contribution in [1.29, 1.82) is 0 Å². The van der Waals surface area contributed by atoms with E-state index in [1.54, 1.807) is 13.3 Å². The van der Waals surface area contributed by atoms with Gasteiger partial charge in [-0.2, -0.15) is 0 Å². The number of pyridine rings is 1. The van der Waals surface area contributed by atoms with E-state index < -0.39 is 12.1 Å². The Balaban J connectivity index is 1.73. The van der Waals surface area contributed by atoms with Gasteiger partial charge in [-0.1, -0.05) is 30.3 Å². The first-order chi connectivity index (χ1) is 17.5. The van der Waals surface area contributed by atoms with E-state index >= 15 is 0 Å². The summed E-state index contributed by atoms with van der Waals surface area (Å²) in [6.45, 7) is 3.61. The summed E-state index contributed by atoms with van der Waals surface area (Å²) in [7, 11) is 2.99. The lowest BCUT2D eigenvalue weighted by Crippen LogP contribution is -2.28. The van der Waals surface area contributed by atoms with Crippen molar-refractivity contribution in [1.82, 2.24) is 9.55 Å². The van der Waals surface area contributed by atoms with Crippen molar-refractivity contribution >= 4 is 34.3 Å². The van der Waals surface area contributed by atoms with E-state index in [4.69, 9.17) is 19.2 Å². The Kier molecular flexibility index (Phi) is 8.56. The molecule has 36 heavy (non-hydrogen) atoms. The lowest BCUT2D eigenvalue weighted by Gasteiger charge is -2.14. The molecule has 1 fully saturated rings. The van der Waals surface area contributed by atoms with Gasteiger partial charge >= 0.3 is 5.97 Å². The second kappa shape index (κ2) is 12.0. The molecule has 192 valence electrons. The van der Waals surface area contributed by atoms with Crippen LogP contribution in [0.5, 0.6) is 0 Å². The standard InChI is InChI=1S/C27H34N4O5/c1-18(17-34-2)29-20-15-21-23(30-26(32)22-12-8-14-36-22)24(27(33)35-3)31(25(21)28-16-20)13-7-11-19-9-5-4-6-10-19/h4-6,9-10,15-16,18,22,29H,7-8,11-14,17H2,1-3H3,(H,30,32)/t18-,22-/m1/s1. The van der Waals surface area contributed by atoms with Gasteiger partial charge in [0.15, 0.2) is 5.69 Å². The molecule has 4 rings (SSSR count). The first kappa shape index (κ1) is 25.7. The third kappa shape index (κ3) is 5.85. The number of carbonyl (C=O) groups is 2. The molecule has 0 saturated carbocycles. The van der Waals surface area contributed by atoms with Gasteiger partial charge in [-0.15, -0.1) is 0 Å². The highest BCUT2D eigenvalue weighted by atomic mass is 16.5. The van der Waals surface area contributed by atoms with E-state index in [-0.39, 0.29) is 17.6 Å². The molecule has 2 atom stereocenters. The number of nitrogens with one attached hydrogen (secondary N) is 2. The van der Waals surface area contributed by atoms with E-state index in [0.29, 0.717) is 42.9 Å². The van der Waals surface area contributed by atoms with Crippen molar-refractivity contribution in [3.63, 3.8) is 0 Å². The van der Waals surface area contributed by atoms with Crippen molar-refractivity contribution in [2.75, 3.05) is 38.1 Å². The van der Waals surface area contributed by atoms with Gasteiger partial charge in [-0.05, 0) is 44.2 Å². The minimum absolute atomic E-state index is 0.0483. The van der Waals surface area contributed by atoms with Crippen LogP contribution in [0.2, 0.25) is 0 Å². The van der Waals surface area contributed by atoms with Crippen LogP contribution in [-0.2, 0) is 32.0 Å². The molecule has 0 radical (unpaired) electrons. The van der Waals surface area contributed by atoms with Gasteiger partial charge in [0.1, 0.15) is 11.8 Å². The lowest BCUT2D eigenvalue weighted by atomic mass is 10.1. The van der Waals surface area contributed by atoms with Crippen molar-refractivity contribution in [3.05, 3.63) is 53.9 Å². The predicted octanol–water partition coefficient (Wildman–Crippen LogP) is 4.02. The van der Waals surface area contributed by atoms with E-state index in [0.717, 1.165) is 24.9 Å². The van der Waals surface area contributed by atoms with E-state index in [1.165, 1.54) is 12.7 Å². The molecular formula is C27H34N4O5. The van der Waals surface area contributed by atoms with Crippen LogP contribution >= 0.6 is 0 Å². The number of amides is 1. The van der Waals surface area contributed by atoms with Crippen molar-refractivity contribution in [2.24, 2.45) is 0 Å². The number of aryl methyl sites for hydroxylation is 2. The van der Waals surface area contributed by atoms with E-state index in [2.05, 4.69) is 22.8 Å². The molecule has 0 spiro atoms. The summed E-state index contributed by atoms with van der Waals surface area (Å²) in [4.78, 5) is 30.7. The number of hydrogen-bond acceptors (Lipinski definition) is 7. The number of rotatable bonds is 11. The van der Waals surface area contributed by atoms with Crippen molar-refractivity contribution in [2.45, 2.75) is 51.3 Å². The SMILES string of the molecule is COC[C@@H](C)Nc1cnc2c(c1)c(NC(=O)[C@H]1CCCO1)c(C(=O)OC)n2CCCc1ccccc1. The van der Waals surface area contributed by atoms with E-state index in [9.17, 15) is 9.59 Å². The average Bonchev–Trinajstić information content (AvgIpc) is 3.52. The maximum Gasteiger partial charge on any atom is 0.356 e. The number of nitrogens with zero attached hydrogens (tertiary/aromatic N) is 2. The van der Waals surface area contributed by atoms with Crippen LogP contribution in [0.15, 0.2) is 42.6 Å². The normalized spacial score (nSPS) is 16.1. The van der Waals surface area contributed by atoms with Crippen LogP contribution in [0.4, 0.5) is 11.4 Å². The van der Waals surface area contributed by atoms with Gasteiger partial charge < -0.3 is 29.4 Å². The van der Waals surface area contributed by atoms with Gasteiger partial charge in [-0.3, -0.25) is 4.79 Å². The number of fused-ring (bicyclic) bond motifs is 1. The molecule has 9 nitrogen and oxygen atoms in total. The maximum atomic E-state index is 13.0. The zero-order valence-electron chi connectivity index (χ0n) is 21.1. The zero-order valence-corrected chi connectivity index (χ0v) is 21.1. The van der Waals surface area contributed by atoms with Gasteiger partial charge in [-0.25, -0.2) is 9.78 Å². The quantitative estimate of drug-likeness (QED) is 0.388. The molecule has 2 aromatic heterocycles. The number of ether oxygens (including phenoxy) is 3. The highest BCUT2D eigenvalue weighted by Crippen LogP contribution is 2.34. The molecule has 1 saturated heterocycles. The van der Waals surface area contributed by atoms with Gasteiger partial charge in [0, 0.05) is 31.7 Å². The van der Waals surface area contributed by atoms with Crippen LogP contribution < -0.4 is 10.6 Å². The Morgan fingerprint density at radius 3 is 2.75 bits per heavy atom. The molecule has 0 unspecified atom stereocenters. The number of benzene rings is 1.